The van der Waals surface area contributed by atoms with Gasteiger partial charge in [0.2, 0.25) is 0 Å². The van der Waals surface area contributed by atoms with Crippen molar-refractivity contribution >= 4 is 16.8 Å². The minimum Gasteiger partial charge on any atom is -0.493 e. The summed E-state index contributed by atoms with van der Waals surface area (Å²) in [6.45, 7) is 3.82. The van der Waals surface area contributed by atoms with Crippen LogP contribution in [0.3, 0.4) is 0 Å². The Balaban J connectivity index is 1.56. The molecule has 0 spiro atoms. The van der Waals surface area contributed by atoms with Gasteiger partial charge in [0, 0.05) is 24.0 Å². The van der Waals surface area contributed by atoms with Crippen LogP contribution in [-0.2, 0) is 12.8 Å². The predicted molar refractivity (Wildman–Crippen MR) is 126 cm³/mol. The summed E-state index contributed by atoms with van der Waals surface area (Å²) in [5.74, 6) is 1.38. The number of aromatic nitrogens is 1. The highest BCUT2D eigenvalue weighted by molar-refractivity contribution is 6.09. The summed E-state index contributed by atoms with van der Waals surface area (Å²) >= 11 is 0. The number of hydrogen-bond donors (Lipinski definition) is 1. The number of fused-ring (bicyclic) bond motifs is 4. The highest BCUT2D eigenvalue weighted by Crippen LogP contribution is 2.42. The fraction of sp³-hybridized carbons (Fsp3) is 0.385. The molecule has 1 aromatic heterocycles. The number of ether oxygens (including phenoxy) is 2. The lowest BCUT2D eigenvalue weighted by molar-refractivity contribution is 0.0950. The van der Waals surface area contributed by atoms with E-state index in [1.54, 1.807) is 14.2 Å². The van der Waals surface area contributed by atoms with Gasteiger partial charge in [0.1, 0.15) is 0 Å². The molecule has 6 nitrogen and oxygen atoms in total. The normalized spacial score (nSPS) is 15.3. The second-order valence-electron chi connectivity index (χ2n) is 8.50. The molecule has 0 atom stereocenters. The number of benzene rings is 2. The van der Waals surface area contributed by atoms with Gasteiger partial charge in [-0.05, 0) is 68.1 Å². The van der Waals surface area contributed by atoms with Crippen molar-refractivity contribution in [2.75, 3.05) is 40.4 Å². The van der Waals surface area contributed by atoms with Crippen molar-refractivity contribution in [3.63, 3.8) is 0 Å². The lowest BCUT2D eigenvalue weighted by atomic mass is 9.84. The Labute approximate surface area is 188 Å². The van der Waals surface area contributed by atoms with Crippen molar-refractivity contribution in [1.29, 1.82) is 0 Å². The number of pyridine rings is 1. The number of rotatable bonds is 6. The molecule has 0 bridgehead atoms. The molecule has 2 aliphatic rings. The minimum atomic E-state index is -0.0111. The molecule has 1 N–H and O–H groups in total. The van der Waals surface area contributed by atoms with Crippen LogP contribution in [0.4, 0.5) is 0 Å². The molecule has 1 amide bonds. The van der Waals surface area contributed by atoms with Gasteiger partial charge in [0.25, 0.3) is 5.91 Å². The highest BCUT2D eigenvalue weighted by atomic mass is 16.5. The van der Waals surface area contributed by atoms with E-state index < -0.39 is 0 Å². The number of carbonyl (C=O) groups is 1. The first-order chi connectivity index (χ1) is 15.7. The second-order valence-corrected chi connectivity index (χ2v) is 8.50. The number of carbonyl (C=O) groups excluding carboxylic acids is 1. The van der Waals surface area contributed by atoms with Crippen molar-refractivity contribution in [3.05, 3.63) is 53.1 Å². The molecular weight excluding hydrogens is 402 g/mol. The molecule has 1 aliphatic heterocycles. The lowest BCUT2D eigenvalue weighted by Gasteiger charge is -2.24. The lowest BCUT2D eigenvalue weighted by Crippen LogP contribution is -2.34. The van der Waals surface area contributed by atoms with Crippen LogP contribution in [-0.4, -0.2) is 56.2 Å². The van der Waals surface area contributed by atoms with Gasteiger partial charge in [-0.1, -0.05) is 18.2 Å². The van der Waals surface area contributed by atoms with Crippen molar-refractivity contribution in [1.82, 2.24) is 15.2 Å². The molecular formula is C26H29N3O3. The van der Waals surface area contributed by atoms with Crippen LogP contribution in [0.5, 0.6) is 11.5 Å². The third-order valence-electron chi connectivity index (χ3n) is 6.64. The third-order valence-corrected chi connectivity index (χ3v) is 6.64. The van der Waals surface area contributed by atoms with Gasteiger partial charge in [0.05, 0.1) is 31.0 Å². The third kappa shape index (κ3) is 3.69. The summed E-state index contributed by atoms with van der Waals surface area (Å²) in [7, 11) is 3.29. The molecule has 6 heteroatoms. The maximum absolute atomic E-state index is 13.4. The standard InChI is InChI=1S/C26H29N3O3/c1-31-22-15-17-9-10-19-24(26(30)27-11-14-29-12-5-6-13-29)18-7-3-4-8-21(18)28-25(19)20(17)16-23(22)32-2/h3-4,7-8,15-16H,5-6,9-14H2,1-2H3,(H,27,30). The zero-order valence-electron chi connectivity index (χ0n) is 18.7. The van der Waals surface area contributed by atoms with Gasteiger partial charge in [-0.3, -0.25) is 4.79 Å². The number of hydrogen-bond acceptors (Lipinski definition) is 5. The molecule has 32 heavy (non-hydrogen) atoms. The highest BCUT2D eigenvalue weighted by Gasteiger charge is 2.27. The van der Waals surface area contributed by atoms with Gasteiger partial charge in [-0.15, -0.1) is 0 Å². The van der Waals surface area contributed by atoms with Gasteiger partial charge < -0.3 is 19.7 Å². The van der Waals surface area contributed by atoms with Crippen LogP contribution >= 0.6 is 0 Å². The topological polar surface area (TPSA) is 63.7 Å². The van der Waals surface area contributed by atoms with Crippen LogP contribution in [0.2, 0.25) is 0 Å². The number of aryl methyl sites for hydroxylation is 1. The van der Waals surface area contributed by atoms with Gasteiger partial charge in [-0.2, -0.15) is 0 Å². The first-order valence-electron chi connectivity index (χ1n) is 11.4. The van der Waals surface area contributed by atoms with E-state index in [4.69, 9.17) is 14.5 Å². The maximum Gasteiger partial charge on any atom is 0.252 e. The Morgan fingerprint density at radius 1 is 1.06 bits per heavy atom. The first kappa shape index (κ1) is 20.8. The summed E-state index contributed by atoms with van der Waals surface area (Å²) in [6, 6.07) is 11.9. The Morgan fingerprint density at radius 3 is 2.59 bits per heavy atom. The molecule has 2 heterocycles. The average Bonchev–Trinajstić information content (AvgIpc) is 3.35. The SMILES string of the molecule is COc1cc2c(cc1OC)-c1nc3ccccc3c(C(=O)NCCN3CCCC3)c1CC2. The Kier molecular flexibility index (Phi) is 5.70. The zero-order chi connectivity index (χ0) is 22.1. The van der Waals surface area contributed by atoms with Crippen LogP contribution in [0.15, 0.2) is 36.4 Å². The van der Waals surface area contributed by atoms with Crippen LogP contribution < -0.4 is 14.8 Å². The van der Waals surface area contributed by atoms with Gasteiger partial charge in [0.15, 0.2) is 11.5 Å². The number of nitrogens with one attached hydrogen (secondary N) is 1. The zero-order valence-corrected chi connectivity index (χ0v) is 18.7. The van der Waals surface area contributed by atoms with E-state index in [-0.39, 0.29) is 5.91 Å². The molecule has 3 aromatic rings. The summed E-state index contributed by atoms with van der Waals surface area (Å²) < 4.78 is 11.0. The minimum absolute atomic E-state index is 0.0111. The Hall–Kier alpha value is -3.12. The maximum atomic E-state index is 13.4. The molecule has 1 fully saturated rings. The number of likely N-dealkylation sites (tertiary alicyclic amines) is 1. The van der Waals surface area contributed by atoms with Crippen molar-refractivity contribution in [3.8, 4) is 22.8 Å². The summed E-state index contributed by atoms with van der Waals surface area (Å²) in [4.78, 5) is 20.8. The fourth-order valence-corrected chi connectivity index (χ4v) is 5.01. The molecule has 1 aliphatic carbocycles. The summed E-state index contributed by atoms with van der Waals surface area (Å²) in [5.41, 5.74) is 5.66. The van der Waals surface area contributed by atoms with Crippen molar-refractivity contribution in [2.45, 2.75) is 25.7 Å². The Morgan fingerprint density at radius 2 is 1.81 bits per heavy atom. The molecule has 5 rings (SSSR count). The number of methoxy groups -OCH3 is 2. The van der Waals surface area contributed by atoms with E-state index in [1.807, 2.05) is 36.4 Å². The molecule has 1 saturated heterocycles. The van der Waals surface area contributed by atoms with Crippen molar-refractivity contribution in [2.24, 2.45) is 0 Å². The number of para-hydroxylation sites is 1. The van der Waals surface area contributed by atoms with Gasteiger partial charge in [-0.25, -0.2) is 4.98 Å². The van der Waals surface area contributed by atoms with Crippen molar-refractivity contribution < 1.29 is 14.3 Å². The van der Waals surface area contributed by atoms with E-state index in [0.717, 1.165) is 71.5 Å². The second kappa shape index (κ2) is 8.79. The predicted octanol–water partition coefficient (Wildman–Crippen LogP) is 3.84. The smallest absolute Gasteiger partial charge is 0.252 e. The molecule has 0 unspecified atom stereocenters. The quantitative estimate of drug-likeness (QED) is 0.642. The number of amides is 1. The molecule has 0 radical (unpaired) electrons. The van der Waals surface area contributed by atoms with E-state index in [9.17, 15) is 4.79 Å². The molecule has 166 valence electrons. The summed E-state index contributed by atoms with van der Waals surface area (Å²) in [5, 5.41) is 4.09. The van der Waals surface area contributed by atoms with E-state index in [0.29, 0.717) is 12.3 Å². The monoisotopic (exact) mass is 431 g/mol. The van der Waals surface area contributed by atoms with E-state index in [2.05, 4.69) is 10.2 Å². The fourth-order valence-electron chi connectivity index (χ4n) is 5.01. The summed E-state index contributed by atoms with van der Waals surface area (Å²) in [6.07, 6.45) is 4.11. The molecule has 0 saturated carbocycles. The van der Waals surface area contributed by atoms with Gasteiger partial charge >= 0.3 is 0 Å². The average molecular weight is 432 g/mol. The van der Waals surface area contributed by atoms with E-state index >= 15 is 0 Å². The number of nitrogens with zero attached hydrogens (tertiary/aromatic N) is 2. The molecule has 2 aromatic carbocycles. The van der Waals surface area contributed by atoms with Crippen LogP contribution in [0.1, 0.15) is 34.3 Å². The van der Waals surface area contributed by atoms with Crippen LogP contribution in [0.25, 0.3) is 22.2 Å². The Bertz CT molecular complexity index is 1170. The van der Waals surface area contributed by atoms with Crippen LogP contribution in [0, 0.1) is 0 Å². The largest absolute Gasteiger partial charge is 0.493 e. The van der Waals surface area contributed by atoms with E-state index in [1.165, 1.54) is 18.4 Å². The first-order valence-corrected chi connectivity index (χ1v) is 11.4.